The summed E-state index contributed by atoms with van der Waals surface area (Å²) in [5.41, 5.74) is 0. The second-order valence-electron chi connectivity index (χ2n) is 8.56. The van der Waals surface area contributed by atoms with Crippen molar-refractivity contribution < 1.29 is 23.5 Å². The van der Waals surface area contributed by atoms with Crippen LogP contribution in [-0.4, -0.2) is 11.9 Å². The predicted molar refractivity (Wildman–Crippen MR) is 125 cm³/mol. The molecule has 1 rings (SSSR count). The molecule has 0 aliphatic heterocycles. The van der Waals surface area contributed by atoms with Gasteiger partial charge in [-0.2, -0.15) is 0 Å². The number of esters is 2. The van der Waals surface area contributed by atoms with Crippen LogP contribution in [0.1, 0.15) is 128 Å². The van der Waals surface area contributed by atoms with Crippen molar-refractivity contribution in [2.75, 3.05) is 0 Å². The summed E-state index contributed by atoms with van der Waals surface area (Å²) in [7, 11) is 0. The lowest BCUT2D eigenvalue weighted by Crippen LogP contribution is -2.12. The number of carbonyl (C=O) groups is 2. The smallest absolute Gasteiger partial charge is 0.311 e. The monoisotopic (exact) mass is 436 g/mol. The highest BCUT2D eigenvalue weighted by molar-refractivity contribution is 5.77. The molecule has 0 amide bonds. The lowest BCUT2D eigenvalue weighted by molar-refractivity contribution is -0.137. The van der Waals surface area contributed by atoms with E-state index in [0.29, 0.717) is 24.4 Å². The fourth-order valence-electron chi connectivity index (χ4n) is 3.66. The van der Waals surface area contributed by atoms with E-state index >= 15 is 0 Å². The number of unbranched alkanes of at least 4 members (excludes halogenated alkanes) is 12. The van der Waals surface area contributed by atoms with Crippen LogP contribution < -0.4 is 9.47 Å². The van der Waals surface area contributed by atoms with Gasteiger partial charge in [0.15, 0.2) is 0 Å². The summed E-state index contributed by atoms with van der Waals surface area (Å²) in [6.07, 6.45) is 16.7. The van der Waals surface area contributed by atoms with Crippen molar-refractivity contribution in [1.82, 2.24) is 0 Å². The Bertz CT molecular complexity index is 579. The Morgan fingerprint density at radius 2 is 0.903 bits per heavy atom. The van der Waals surface area contributed by atoms with Gasteiger partial charge in [0.05, 0.1) is 0 Å². The summed E-state index contributed by atoms with van der Waals surface area (Å²) in [6.45, 7) is 7.85. The fraction of sp³-hybridized carbons (Fsp3) is 0.769. The van der Waals surface area contributed by atoms with Gasteiger partial charge < -0.3 is 13.9 Å². The Morgan fingerprint density at radius 1 is 0.581 bits per heavy atom. The molecule has 0 bridgehead atoms. The van der Waals surface area contributed by atoms with Gasteiger partial charge in [0.2, 0.25) is 11.5 Å². The van der Waals surface area contributed by atoms with E-state index in [1.807, 2.05) is 0 Å². The number of hydrogen-bond acceptors (Lipinski definition) is 5. The second kappa shape index (κ2) is 16.9. The number of ether oxygens (including phenoxy) is 2. The van der Waals surface area contributed by atoms with Gasteiger partial charge in [0.1, 0.15) is 11.5 Å². The van der Waals surface area contributed by atoms with Crippen LogP contribution in [0, 0.1) is 13.8 Å². The number of rotatable bonds is 18. The molecule has 1 aromatic rings. The van der Waals surface area contributed by atoms with Gasteiger partial charge in [-0.05, 0) is 26.7 Å². The first-order chi connectivity index (χ1) is 15.0. The van der Waals surface area contributed by atoms with Crippen LogP contribution in [0.5, 0.6) is 11.5 Å². The molecule has 0 N–H and O–H groups in total. The molecule has 5 nitrogen and oxygen atoms in total. The molecule has 31 heavy (non-hydrogen) atoms. The average Bonchev–Trinajstić information content (AvgIpc) is 2.99. The first kappa shape index (κ1) is 27.3. The predicted octanol–water partition coefficient (Wildman–Crippen LogP) is 7.99. The van der Waals surface area contributed by atoms with Crippen LogP contribution in [0.4, 0.5) is 0 Å². The van der Waals surface area contributed by atoms with Crippen molar-refractivity contribution in [3.8, 4) is 11.5 Å². The molecule has 0 spiro atoms. The summed E-state index contributed by atoms with van der Waals surface area (Å²) in [6, 6.07) is 0. The van der Waals surface area contributed by atoms with Crippen molar-refractivity contribution in [3.05, 3.63) is 11.5 Å². The fourth-order valence-corrected chi connectivity index (χ4v) is 3.66. The standard InChI is InChI=1S/C26H44O5/c1-5-7-9-11-13-15-17-19-23(27)30-25-21(3)29-22(4)26(25)31-24(28)20-18-16-14-12-10-8-6-2/h5-20H2,1-4H3. The number of carbonyl (C=O) groups excluding carboxylic acids is 2. The molecule has 1 heterocycles. The third kappa shape index (κ3) is 12.0. The Balaban J connectivity index is 2.38. The molecule has 0 saturated carbocycles. The van der Waals surface area contributed by atoms with Crippen LogP contribution in [0.2, 0.25) is 0 Å². The average molecular weight is 437 g/mol. The molecule has 0 fully saturated rings. The maximum absolute atomic E-state index is 12.3. The topological polar surface area (TPSA) is 65.7 Å². The van der Waals surface area contributed by atoms with Crippen molar-refractivity contribution in [2.45, 2.75) is 130 Å². The van der Waals surface area contributed by atoms with Crippen molar-refractivity contribution in [1.29, 1.82) is 0 Å². The Labute approximate surface area is 189 Å². The molecule has 0 atom stereocenters. The second-order valence-corrected chi connectivity index (χ2v) is 8.56. The molecule has 1 aromatic heterocycles. The molecule has 0 aliphatic rings. The zero-order valence-corrected chi connectivity index (χ0v) is 20.4. The molecule has 0 saturated heterocycles. The quantitative estimate of drug-likeness (QED) is 0.172. The maximum atomic E-state index is 12.3. The number of hydrogen-bond donors (Lipinski definition) is 0. The third-order valence-corrected chi connectivity index (χ3v) is 5.55. The Hall–Kier alpha value is -1.78. The van der Waals surface area contributed by atoms with E-state index in [1.165, 1.54) is 51.4 Å². The highest BCUT2D eigenvalue weighted by Gasteiger charge is 2.23. The first-order valence-corrected chi connectivity index (χ1v) is 12.5. The summed E-state index contributed by atoms with van der Waals surface area (Å²) < 4.78 is 16.6. The molecule has 0 unspecified atom stereocenters. The highest BCUT2D eigenvalue weighted by Crippen LogP contribution is 2.38. The van der Waals surface area contributed by atoms with Gasteiger partial charge in [-0.25, -0.2) is 0 Å². The van der Waals surface area contributed by atoms with Gasteiger partial charge in [0.25, 0.3) is 0 Å². The van der Waals surface area contributed by atoms with Gasteiger partial charge in [-0.1, -0.05) is 90.9 Å². The van der Waals surface area contributed by atoms with E-state index < -0.39 is 0 Å². The van der Waals surface area contributed by atoms with E-state index in [2.05, 4.69) is 13.8 Å². The molecular weight excluding hydrogens is 392 g/mol. The number of furan rings is 1. The minimum atomic E-state index is -0.304. The summed E-state index contributed by atoms with van der Waals surface area (Å²) in [5, 5.41) is 0. The first-order valence-electron chi connectivity index (χ1n) is 12.5. The molecular formula is C26H44O5. The maximum Gasteiger partial charge on any atom is 0.311 e. The lowest BCUT2D eigenvalue weighted by atomic mass is 10.1. The third-order valence-electron chi connectivity index (χ3n) is 5.55. The SMILES string of the molecule is CCCCCCCCCC(=O)Oc1c(C)oc(C)c1OC(=O)CCCCCCCCC. The number of aryl methyl sites for hydroxylation is 2. The van der Waals surface area contributed by atoms with Gasteiger partial charge in [0, 0.05) is 12.8 Å². The van der Waals surface area contributed by atoms with Crippen molar-refractivity contribution >= 4 is 11.9 Å². The molecule has 0 aromatic carbocycles. The zero-order valence-electron chi connectivity index (χ0n) is 20.4. The molecule has 178 valence electrons. The van der Waals surface area contributed by atoms with Gasteiger partial charge >= 0.3 is 11.9 Å². The van der Waals surface area contributed by atoms with Crippen molar-refractivity contribution in [2.24, 2.45) is 0 Å². The minimum absolute atomic E-state index is 0.248. The Kier molecular flexibility index (Phi) is 14.8. The highest BCUT2D eigenvalue weighted by atomic mass is 16.6. The normalized spacial score (nSPS) is 11.0. The van der Waals surface area contributed by atoms with E-state index in [1.54, 1.807) is 13.8 Å². The van der Waals surface area contributed by atoms with E-state index in [-0.39, 0.29) is 23.4 Å². The molecule has 0 aliphatic carbocycles. The molecule has 0 radical (unpaired) electrons. The van der Waals surface area contributed by atoms with Crippen LogP contribution in [0.25, 0.3) is 0 Å². The summed E-state index contributed by atoms with van der Waals surface area (Å²) in [4.78, 5) is 24.5. The summed E-state index contributed by atoms with van der Waals surface area (Å²) in [5.74, 6) is 0.814. The van der Waals surface area contributed by atoms with Gasteiger partial charge in [-0.3, -0.25) is 9.59 Å². The van der Waals surface area contributed by atoms with Crippen molar-refractivity contribution in [3.63, 3.8) is 0 Å². The van der Waals surface area contributed by atoms with E-state index in [9.17, 15) is 9.59 Å². The van der Waals surface area contributed by atoms with E-state index in [4.69, 9.17) is 13.9 Å². The zero-order chi connectivity index (χ0) is 22.9. The van der Waals surface area contributed by atoms with Gasteiger partial charge in [-0.15, -0.1) is 0 Å². The largest absolute Gasteiger partial charge is 0.459 e. The molecule has 5 heteroatoms. The van der Waals surface area contributed by atoms with E-state index in [0.717, 1.165) is 38.5 Å². The minimum Gasteiger partial charge on any atom is -0.459 e. The van der Waals surface area contributed by atoms with Crippen LogP contribution in [0.3, 0.4) is 0 Å². The van der Waals surface area contributed by atoms with Crippen LogP contribution in [0.15, 0.2) is 4.42 Å². The lowest BCUT2D eigenvalue weighted by Gasteiger charge is -2.08. The Morgan fingerprint density at radius 3 is 1.26 bits per heavy atom. The summed E-state index contributed by atoms with van der Waals surface area (Å²) >= 11 is 0. The van der Waals surface area contributed by atoms with Crippen LogP contribution in [-0.2, 0) is 9.59 Å². The van der Waals surface area contributed by atoms with Crippen LogP contribution >= 0.6 is 0 Å².